The van der Waals surface area contributed by atoms with Crippen molar-refractivity contribution in [2.75, 3.05) is 19.8 Å². The van der Waals surface area contributed by atoms with Gasteiger partial charge in [-0.15, -0.1) is 0 Å². The van der Waals surface area contributed by atoms with E-state index in [9.17, 15) is 55.9 Å². The second kappa shape index (κ2) is 12.8. The Labute approximate surface area is 210 Å². The summed E-state index contributed by atoms with van der Waals surface area (Å²) < 4.78 is 27.0. The Kier molecular flexibility index (Phi) is 10.5. The Hall–Kier alpha value is -1.13. The van der Waals surface area contributed by atoms with Crippen LogP contribution in [0.5, 0.6) is 0 Å². The summed E-state index contributed by atoms with van der Waals surface area (Å²) in [5.74, 6) is -0.637. The lowest BCUT2D eigenvalue weighted by Gasteiger charge is -2.48. The smallest absolute Gasteiger partial charge is 0.217 e. The fourth-order valence-electron chi connectivity index (χ4n) is 4.46. The third-order valence-electron chi connectivity index (χ3n) is 6.49. The molecule has 0 saturated carbocycles. The average molecular weight is 545 g/mol. The maximum absolute atomic E-state index is 11.6. The molecule has 0 unspecified atom stereocenters. The Morgan fingerprint density at radius 3 is 1.68 bits per heavy atom. The number of rotatable bonds is 8. The largest absolute Gasteiger partial charge is 0.394 e. The van der Waals surface area contributed by atoms with Crippen LogP contribution in [0.15, 0.2) is 0 Å². The van der Waals surface area contributed by atoms with E-state index in [2.05, 4.69) is 5.32 Å². The SMILES string of the molecule is CC(=O)N[C@H]1[C@H](O[C@@H]2[C@H](O)[C@@H](O)[C@H](O[C@H]3[C@H](O)[C@@H](O)[C@H](O)O[C@@H]3CO)O[C@@H]2CO)O[C@H](CO)[C@@H](O)[C@@H]1O. The van der Waals surface area contributed by atoms with Crippen LogP contribution in [0.2, 0.25) is 0 Å². The van der Waals surface area contributed by atoms with E-state index in [1.807, 2.05) is 0 Å². The highest BCUT2D eigenvalue weighted by molar-refractivity contribution is 5.73. The van der Waals surface area contributed by atoms with Crippen molar-refractivity contribution >= 4 is 5.91 Å². The summed E-state index contributed by atoms with van der Waals surface area (Å²) in [6.45, 7) is -1.21. The molecule has 3 aliphatic rings. The van der Waals surface area contributed by atoms with Crippen molar-refractivity contribution in [2.45, 2.75) is 99.0 Å². The molecule has 0 spiro atoms. The van der Waals surface area contributed by atoms with E-state index in [0.717, 1.165) is 6.92 Å². The minimum Gasteiger partial charge on any atom is -0.394 e. The molecule has 3 aliphatic heterocycles. The molecule has 0 radical (unpaired) electrons. The van der Waals surface area contributed by atoms with E-state index in [1.165, 1.54) is 0 Å². The maximum atomic E-state index is 11.6. The number of aliphatic hydroxyl groups excluding tert-OH is 10. The summed E-state index contributed by atoms with van der Waals surface area (Å²) in [7, 11) is 0. The molecule has 37 heavy (non-hydrogen) atoms. The van der Waals surface area contributed by atoms with Crippen LogP contribution < -0.4 is 5.32 Å². The average Bonchev–Trinajstić information content (AvgIpc) is 2.87. The Morgan fingerprint density at radius 1 is 0.649 bits per heavy atom. The van der Waals surface area contributed by atoms with E-state index in [4.69, 9.17) is 23.7 Å². The predicted molar refractivity (Wildman–Crippen MR) is 113 cm³/mol. The first-order chi connectivity index (χ1) is 17.4. The highest BCUT2D eigenvalue weighted by Gasteiger charge is 2.53. The third-order valence-corrected chi connectivity index (χ3v) is 6.49. The maximum Gasteiger partial charge on any atom is 0.217 e. The zero-order valence-corrected chi connectivity index (χ0v) is 19.7. The van der Waals surface area contributed by atoms with Gasteiger partial charge in [-0.3, -0.25) is 4.79 Å². The fraction of sp³-hybridized carbons (Fsp3) is 0.950. The van der Waals surface area contributed by atoms with E-state index in [1.54, 1.807) is 0 Å². The number of amides is 1. The number of hydrogen-bond donors (Lipinski definition) is 11. The van der Waals surface area contributed by atoms with Gasteiger partial charge in [0.25, 0.3) is 0 Å². The minimum absolute atomic E-state index is 0.637. The molecule has 3 rings (SSSR count). The zero-order valence-electron chi connectivity index (χ0n) is 19.7. The third kappa shape index (κ3) is 6.38. The summed E-state index contributed by atoms with van der Waals surface area (Å²) in [4.78, 5) is 11.6. The van der Waals surface area contributed by atoms with Gasteiger partial charge in [-0.05, 0) is 0 Å². The highest BCUT2D eigenvalue weighted by Crippen LogP contribution is 2.32. The van der Waals surface area contributed by atoms with Gasteiger partial charge < -0.3 is 80.1 Å². The molecule has 0 bridgehead atoms. The summed E-state index contributed by atoms with van der Waals surface area (Å²) in [6.07, 6.45) is -23.1. The molecule has 17 heteroatoms. The van der Waals surface area contributed by atoms with Gasteiger partial charge in [-0.1, -0.05) is 0 Å². The molecule has 0 aromatic carbocycles. The van der Waals surface area contributed by atoms with Crippen molar-refractivity contribution in [3.63, 3.8) is 0 Å². The lowest BCUT2D eigenvalue weighted by Crippen LogP contribution is -2.68. The van der Waals surface area contributed by atoms with Crippen molar-refractivity contribution in [2.24, 2.45) is 0 Å². The predicted octanol–water partition coefficient (Wildman–Crippen LogP) is -7.43. The van der Waals surface area contributed by atoms with Gasteiger partial charge in [0.2, 0.25) is 5.91 Å². The molecule has 3 fully saturated rings. The van der Waals surface area contributed by atoms with Crippen molar-refractivity contribution in [3.05, 3.63) is 0 Å². The molecule has 11 N–H and O–H groups in total. The van der Waals surface area contributed by atoms with E-state index >= 15 is 0 Å². The molecule has 1 amide bonds. The first-order valence-corrected chi connectivity index (χ1v) is 11.6. The number of aliphatic hydroxyl groups is 10. The Balaban J connectivity index is 1.77. The number of nitrogens with one attached hydrogen (secondary N) is 1. The van der Waals surface area contributed by atoms with Gasteiger partial charge in [0.05, 0.1) is 19.8 Å². The van der Waals surface area contributed by atoms with Gasteiger partial charge in [0.15, 0.2) is 18.9 Å². The van der Waals surface area contributed by atoms with Crippen LogP contribution in [-0.2, 0) is 28.5 Å². The van der Waals surface area contributed by atoms with Crippen LogP contribution in [0.25, 0.3) is 0 Å². The van der Waals surface area contributed by atoms with Crippen LogP contribution in [-0.4, -0.2) is 169 Å². The van der Waals surface area contributed by atoms with Crippen LogP contribution in [0.1, 0.15) is 6.92 Å². The molecule has 3 heterocycles. The number of hydrogen-bond acceptors (Lipinski definition) is 16. The normalized spacial score (nSPS) is 49.0. The van der Waals surface area contributed by atoms with E-state index in [-0.39, 0.29) is 0 Å². The fourth-order valence-corrected chi connectivity index (χ4v) is 4.46. The molecule has 3 saturated heterocycles. The molecular weight excluding hydrogens is 510 g/mol. The molecule has 216 valence electrons. The van der Waals surface area contributed by atoms with E-state index in [0.29, 0.717) is 0 Å². The standard InChI is InChI=1S/C20H35NO16/c1-5(25)21-9-11(27)10(26)6(2-22)34-19(9)36-17-8(4-24)35-20(15(31)13(17)29)37-16-7(3-23)33-18(32)14(30)12(16)28/h6-20,22-24,26-32H,2-4H2,1H3,(H,21,25)/t6-,7-,8-,9-,10-,11-,12-,13-,14-,15-,16-,17+,18-,19+,20+/m1/s1. The van der Waals surface area contributed by atoms with Crippen molar-refractivity contribution in [1.29, 1.82) is 0 Å². The lowest BCUT2D eigenvalue weighted by atomic mass is 9.95. The van der Waals surface area contributed by atoms with Crippen LogP contribution >= 0.6 is 0 Å². The number of ether oxygens (including phenoxy) is 5. The number of carbonyl (C=O) groups is 1. The zero-order chi connectivity index (χ0) is 27.6. The molecule has 0 aromatic heterocycles. The van der Waals surface area contributed by atoms with Crippen molar-refractivity contribution < 1.29 is 79.5 Å². The monoisotopic (exact) mass is 545 g/mol. The molecule has 0 aliphatic carbocycles. The minimum atomic E-state index is -1.92. The van der Waals surface area contributed by atoms with Crippen LogP contribution in [0, 0.1) is 0 Å². The topological polar surface area (TPSA) is 278 Å². The van der Waals surface area contributed by atoms with Crippen LogP contribution in [0.4, 0.5) is 0 Å². The van der Waals surface area contributed by atoms with E-state index < -0.39 is 118 Å². The number of carbonyl (C=O) groups excluding carboxylic acids is 1. The first kappa shape index (κ1) is 30.4. The van der Waals surface area contributed by atoms with Gasteiger partial charge in [0, 0.05) is 6.92 Å². The van der Waals surface area contributed by atoms with Gasteiger partial charge >= 0.3 is 0 Å². The van der Waals surface area contributed by atoms with Crippen molar-refractivity contribution in [3.8, 4) is 0 Å². The lowest BCUT2D eigenvalue weighted by molar-refractivity contribution is -0.372. The van der Waals surface area contributed by atoms with Gasteiger partial charge in [-0.25, -0.2) is 0 Å². The summed E-state index contributed by atoms with van der Waals surface area (Å²) >= 11 is 0. The second-order valence-corrected chi connectivity index (χ2v) is 9.07. The highest BCUT2D eigenvalue weighted by atomic mass is 16.7. The molecular formula is C20H35NO16. The molecule has 15 atom stereocenters. The molecule has 17 nitrogen and oxygen atoms in total. The first-order valence-electron chi connectivity index (χ1n) is 11.6. The van der Waals surface area contributed by atoms with Crippen molar-refractivity contribution in [1.82, 2.24) is 5.32 Å². The summed E-state index contributed by atoms with van der Waals surface area (Å²) in [5.41, 5.74) is 0. The summed E-state index contributed by atoms with van der Waals surface area (Å²) in [6, 6.07) is -1.39. The van der Waals surface area contributed by atoms with Gasteiger partial charge in [0.1, 0.15) is 73.2 Å². The summed E-state index contributed by atoms with van der Waals surface area (Å²) in [5, 5.41) is 103. The van der Waals surface area contributed by atoms with Gasteiger partial charge in [-0.2, -0.15) is 0 Å². The Bertz CT molecular complexity index is 743. The quantitative estimate of drug-likeness (QED) is 0.135. The Morgan fingerprint density at radius 2 is 1.14 bits per heavy atom. The van der Waals surface area contributed by atoms with Crippen LogP contribution in [0.3, 0.4) is 0 Å². The second-order valence-electron chi connectivity index (χ2n) is 9.07. The molecule has 0 aromatic rings.